The molecule has 2 fully saturated rings. The van der Waals surface area contributed by atoms with Crippen molar-refractivity contribution in [3.8, 4) is 0 Å². The highest BCUT2D eigenvalue weighted by Gasteiger charge is 2.37. The number of anilines is 1. The zero-order valence-corrected chi connectivity index (χ0v) is 16.8. The summed E-state index contributed by atoms with van der Waals surface area (Å²) in [5.41, 5.74) is 1.14. The Hall–Kier alpha value is -1.90. The van der Waals surface area contributed by atoms with Crippen LogP contribution in [0.3, 0.4) is 0 Å². The van der Waals surface area contributed by atoms with Crippen LogP contribution in [0, 0.1) is 5.92 Å². The Morgan fingerprint density at radius 2 is 1.96 bits per heavy atom. The maximum atomic E-state index is 13.0. The predicted molar refractivity (Wildman–Crippen MR) is 108 cm³/mol. The van der Waals surface area contributed by atoms with Crippen LogP contribution in [0.1, 0.15) is 11.5 Å². The molecule has 2 aliphatic rings. The summed E-state index contributed by atoms with van der Waals surface area (Å²) in [4.78, 5) is 17.2. The van der Waals surface area contributed by atoms with Gasteiger partial charge in [0.05, 0.1) is 12.1 Å². The van der Waals surface area contributed by atoms with E-state index in [1.165, 1.54) is 0 Å². The number of nitrogens with zero attached hydrogens (tertiary/aromatic N) is 6. The van der Waals surface area contributed by atoms with E-state index in [-0.39, 0.29) is 42.6 Å². The van der Waals surface area contributed by atoms with Crippen molar-refractivity contribution in [1.82, 2.24) is 30.2 Å². The third kappa shape index (κ3) is 4.51. The quantitative estimate of drug-likeness (QED) is 0.797. The van der Waals surface area contributed by atoms with Crippen molar-refractivity contribution in [2.45, 2.75) is 5.92 Å². The first-order valence-electron chi connectivity index (χ1n) is 8.73. The minimum atomic E-state index is -0.00716. The average molecular weight is 414 g/mol. The van der Waals surface area contributed by atoms with Gasteiger partial charge in [0.2, 0.25) is 5.91 Å². The van der Waals surface area contributed by atoms with E-state index in [9.17, 15) is 4.79 Å². The van der Waals surface area contributed by atoms with E-state index < -0.39 is 0 Å². The van der Waals surface area contributed by atoms with E-state index in [0.717, 1.165) is 50.6 Å². The van der Waals surface area contributed by atoms with Crippen LogP contribution in [0.5, 0.6) is 0 Å². The maximum absolute atomic E-state index is 13.0. The second-order valence-electron chi connectivity index (χ2n) is 6.71. The Morgan fingerprint density at radius 3 is 2.59 bits per heavy atom. The third-order valence-corrected chi connectivity index (χ3v) is 5.16. The molecule has 2 aliphatic heterocycles. The second-order valence-corrected chi connectivity index (χ2v) is 6.71. The van der Waals surface area contributed by atoms with Crippen molar-refractivity contribution in [2.24, 2.45) is 13.0 Å². The summed E-state index contributed by atoms with van der Waals surface area (Å²) in [6, 6.07) is 3.85. The molecule has 2 atom stereocenters. The molecule has 2 aromatic heterocycles. The van der Waals surface area contributed by atoms with Gasteiger partial charge in [0.25, 0.3) is 0 Å². The summed E-state index contributed by atoms with van der Waals surface area (Å²) in [7, 11) is 1.91. The van der Waals surface area contributed by atoms with Crippen molar-refractivity contribution >= 4 is 36.5 Å². The van der Waals surface area contributed by atoms with Gasteiger partial charge in [-0.2, -0.15) is 10.2 Å². The van der Waals surface area contributed by atoms with Gasteiger partial charge in [-0.25, -0.2) is 0 Å². The Kier molecular flexibility index (Phi) is 7.41. The number of nitrogens with one attached hydrogen (secondary N) is 1. The number of aromatic nitrogens is 4. The maximum Gasteiger partial charge on any atom is 0.227 e. The lowest BCUT2D eigenvalue weighted by molar-refractivity contribution is -0.135. The van der Waals surface area contributed by atoms with Crippen LogP contribution in [0.15, 0.2) is 30.7 Å². The molecule has 0 aliphatic carbocycles. The number of carbonyl (C=O) groups excluding carboxylic acids is 1. The summed E-state index contributed by atoms with van der Waals surface area (Å²) in [5.74, 6) is 1.33. The first kappa shape index (κ1) is 21.4. The molecular formula is C17H25Cl2N7O. The van der Waals surface area contributed by atoms with Crippen LogP contribution >= 0.6 is 24.8 Å². The molecule has 0 aromatic carbocycles. The normalized spacial score (nSPS) is 22.1. The first-order valence-corrected chi connectivity index (χ1v) is 8.73. The average Bonchev–Trinajstić information content (AvgIpc) is 3.31. The van der Waals surface area contributed by atoms with Crippen LogP contribution < -0.4 is 10.2 Å². The van der Waals surface area contributed by atoms with Crippen molar-refractivity contribution in [3.63, 3.8) is 0 Å². The standard InChI is InChI=1S/C17H23N7O.2ClH/c1-22-12-13(9-20-22)14-10-18-11-15(14)17(25)24-7-5-23(6-8-24)16-3-2-4-19-21-16;;/h2-4,9,12,14-15,18H,5-8,10-11H2,1H3;2*1H/t14-,15+;;/m1../s1. The van der Waals surface area contributed by atoms with Crippen LogP contribution in [-0.4, -0.2) is 70.1 Å². The van der Waals surface area contributed by atoms with Gasteiger partial charge in [0.15, 0.2) is 5.82 Å². The van der Waals surface area contributed by atoms with Crippen LogP contribution in [0.4, 0.5) is 5.82 Å². The van der Waals surface area contributed by atoms with E-state index in [0.29, 0.717) is 0 Å². The number of aryl methyl sites for hydroxylation is 1. The number of hydrogen-bond acceptors (Lipinski definition) is 6. The molecule has 0 saturated carbocycles. The summed E-state index contributed by atoms with van der Waals surface area (Å²) < 4.78 is 1.80. The van der Waals surface area contributed by atoms with Crippen LogP contribution in [0.2, 0.25) is 0 Å². The van der Waals surface area contributed by atoms with Crippen molar-refractivity contribution in [3.05, 3.63) is 36.3 Å². The molecular weight excluding hydrogens is 389 g/mol. The number of hydrogen-bond donors (Lipinski definition) is 1. The van der Waals surface area contributed by atoms with Gasteiger partial charge < -0.3 is 15.1 Å². The molecule has 0 radical (unpaired) electrons. The molecule has 27 heavy (non-hydrogen) atoms. The molecule has 0 unspecified atom stereocenters. The fourth-order valence-corrected chi connectivity index (χ4v) is 3.77. The predicted octanol–water partition coefficient (Wildman–Crippen LogP) is 0.705. The highest BCUT2D eigenvalue weighted by molar-refractivity contribution is 5.85. The number of carbonyl (C=O) groups is 1. The summed E-state index contributed by atoms with van der Waals surface area (Å²) in [6.45, 7) is 4.62. The summed E-state index contributed by atoms with van der Waals surface area (Å²) >= 11 is 0. The molecule has 8 nitrogen and oxygen atoms in total. The molecule has 148 valence electrons. The monoisotopic (exact) mass is 413 g/mol. The van der Waals surface area contributed by atoms with E-state index in [2.05, 4.69) is 25.5 Å². The van der Waals surface area contributed by atoms with Crippen LogP contribution in [-0.2, 0) is 11.8 Å². The number of rotatable bonds is 3. The van der Waals surface area contributed by atoms with Crippen LogP contribution in [0.25, 0.3) is 0 Å². The van der Waals surface area contributed by atoms with Gasteiger partial charge in [-0.3, -0.25) is 9.48 Å². The molecule has 1 N–H and O–H groups in total. The number of halogens is 2. The molecule has 0 bridgehead atoms. The van der Waals surface area contributed by atoms with Gasteiger partial charge in [0.1, 0.15) is 0 Å². The minimum absolute atomic E-state index is 0. The molecule has 2 saturated heterocycles. The molecule has 0 spiro atoms. The van der Waals surface area contributed by atoms with Crippen molar-refractivity contribution in [2.75, 3.05) is 44.2 Å². The molecule has 4 heterocycles. The summed E-state index contributed by atoms with van der Waals surface area (Å²) in [6.07, 6.45) is 5.57. The summed E-state index contributed by atoms with van der Waals surface area (Å²) in [5, 5.41) is 15.7. The minimum Gasteiger partial charge on any atom is -0.352 e. The smallest absolute Gasteiger partial charge is 0.227 e. The lowest BCUT2D eigenvalue weighted by Crippen LogP contribution is -2.51. The Balaban J connectivity index is 0.00000131. The van der Waals surface area contributed by atoms with Crippen molar-refractivity contribution in [1.29, 1.82) is 0 Å². The van der Waals surface area contributed by atoms with Gasteiger partial charge in [-0.05, 0) is 17.7 Å². The topological polar surface area (TPSA) is 79.2 Å². The van der Waals surface area contributed by atoms with E-state index >= 15 is 0 Å². The lowest BCUT2D eigenvalue weighted by Gasteiger charge is -2.36. The number of piperazine rings is 1. The Morgan fingerprint density at radius 1 is 1.19 bits per heavy atom. The molecule has 1 amide bonds. The molecule has 4 rings (SSSR count). The molecule has 2 aromatic rings. The SMILES string of the molecule is Cl.Cl.Cn1cc([C@H]2CNC[C@@H]2C(=O)N2CCN(c3cccnn3)CC2)cn1. The fraction of sp³-hybridized carbons (Fsp3) is 0.529. The zero-order valence-electron chi connectivity index (χ0n) is 15.2. The molecule has 10 heteroatoms. The largest absolute Gasteiger partial charge is 0.352 e. The van der Waals surface area contributed by atoms with E-state index in [1.807, 2.05) is 36.5 Å². The Labute approximate surface area is 171 Å². The van der Waals surface area contributed by atoms with Crippen molar-refractivity contribution < 1.29 is 4.79 Å². The lowest BCUT2D eigenvalue weighted by atomic mass is 9.89. The highest BCUT2D eigenvalue weighted by atomic mass is 35.5. The number of amides is 1. The third-order valence-electron chi connectivity index (χ3n) is 5.16. The first-order chi connectivity index (χ1) is 12.2. The Bertz CT molecular complexity index is 734. The zero-order chi connectivity index (χ0) is 17.2. The highest BCUT2D eigenvalue weighted by Crippen LogP contribution is 2.29. The van der Waals surface area contributed by atoms with Gasteiger partial charge in [-0.15, -0.1) is 29.9 Å². The van der Waals surface area contributed by atoms with Gasteiger partial charge >= 0.3 is 0 Å². The van der Waals surface area contributed by atoms with Gasteiger partial charge in [0, 0.05) is 64.6 Å². The fourth-order valence-electron chi connectivity index (χ4n) is 3.77. The second kappa shape index (κ2) is 9.34. The van der Waals surface area contributed by atoms with E-state index in [1.54, 1.807) is 10.9 Å². The van der Waals surface area contributed by atoms with Gasteiger partial charge in [-0.1, -0.05) is 0 Å². The van der Waals surface area contributed by atoms with E-state index in [4.69, 9.17) is 0 Å².